The molecule has 1 aliphatic heterocycles. The molecule has 0 fully saturated rings. The molecule has 0 saturated heterocycles. The van der Waals surface area contributed by atoms with Crippen LogP contribution in [0, 0.1) is 6.92 Å². The number of nitrogens with zero attached hydrogens (tertiary/aromatic N) is 1. The zero-order valence-electron chi connectivity index (χ0n) is 7.77. The molecule has 1 aromatic rings. The third-order valence-corrected chi connectivity index (χ3v) is 2.24. The van der Waals surface area contributed by atoms with Gasteiger partial charge in [0.15, 0.2) is 0 Å². The quantitative estimate of drug-likeness (QED) is 0.628. The van der Waals surface area contributed by atoms with Crippen molar-refractivity contribution >= 4 is 5.69 Å². The number of aryl methyl sites for hydroxylation is 1. The molecule has 66 valence electrons. The van der Waals surface area contributed by atoms with E-state index in [1.54, 1.807) is 0 Å². The van der Waals surface area contributed by atoms with Gasteiger partial charge in [0.1, 0.15) is 0 Å². The van der Waals surface area contributed by atoms with Gasteiger partial charge < -0.3 is 4.90 Å². The Kier molecular flexibility index (Phi) is 2.17. The van der Waals surface area contributed by atoms with Gasteiger partial charge in [-0.3, -0.25) is 0 Å². The van der Waals surface area contributed by atoms with E-state index in [-0.39, 0.29) is 0 Å². The summed E-state index contributed by atoms with van der Waals surface area (Å²) in [5.41, 5.74) is 2.62. The summed E-state index contributed by atoms with van der Waals surface area (Å²) in [6.07, 6.45) is 8.42. The highest BCUT2D eigenvalue weighted by molar-refractivity contribution is 5.56. The number of allylic oxidation sites excluding steroid dienone is 2. The molecule has 1 heteroatoms. The molecule has 0 radical (unpaired) electrons. The number of hydrogen-bond acceptors (Lipinski definition) is 1. The van der Waals surface area contributed by atoms with E-state index in [0.717, 1.165) is 6.54 Å². The summed E-state index contributed by atoms with van der Waals surface area (Å²) in [4.78, 5) is 2.25. The standard InChI is InChI=1S/C12H13N/c1-11-7-3-4-8-12(11)13-9-5-2-6-10-13/h2-9H,10H2,1H3. The Labute approximate surface area is 79.0 Å². The highest BCUT2D eigenvalue weighted by Crippen LogP contribution is 2.20. The minimum absolute atomic E-state index is 0.974. The molecule has 0 unspecified atom stereocenters. The Morgan fingerprint density at radius 3 is 2.69 bits per heavy atom. The average Bonchev–Trinajstić information content (AvgIpc) is 2.20. The predicted molar refractivity (Wildman–Crippen MR) is 56.8 cm³/mol. The van der Waals surface area contributed by atoms with Crippen LogP contribution < -0.4 is 4.90 Å². The van der Waals surface area contributed by atoms with Gasteiger partial charge in [-0.15, -0.1) is 0 Å². The van der Waals surface area contributed by atoms with Crippen LogP contribution in [0.5, 0.6) is 0 Å². The molecule has 1 aromatic carbocycles. The van der Waals surface area contributed by atoms with Crippen LogP contribution in [0.1, 0.15) is 5.56 Å². The lowest BCUT2D eigenvalue weighted by atomic mass is 10.2. The van der Waals surface area contributed by atoms with Crippen LogP contribution in [0.15, 0.2) is 48.7 Å². The minimum atomic E-state index is 0.974. The Balaban J connectivity index is 2.30. The van der Waals surface area contributed by atoms with Crippen molar-refractivity contribution < 1.29 is 0 Å². The maximum absolute atomic E-state index is 2.25. The van der Waals surface area contributed by atoms with Gasteiger partial charge in [0.2, 0.25) is 0 Å². The molecule has 2 rings (SSSR count). The van der Waals surface area contributed by atoms with Gasteiger partial charge in [-0.1, -0.05) is 30.4 Å². The van der Waals surface area contributed by atoms with E-state index in [9.17, 15) is 0 Å². The van der Waals surface area contributed by atoms with E-state index in [1.807, 2.05) is 0 Å². The summed E-state index contributed by atoms with van der Waals surface area (Å²) in [6, 6.07) is 8.44. The number of para-hydroxylation sites is 1. The Morgan fingerprint density at radius 1 is 1.15 bits per heavy atom. The third-order valence-electron chi connectivity index (χ3n) is 2.24. The largest absolute Gasteiger partial charge is 0.344 e. The van der Waals surface area contributed by atoms with Crippen molar-refractivity contribution in [2.45, 2.75) is 6.92 Å². The number of benzene rings is 1. The molecule has 0 spiro atoms. The van der Waals surface area contributed by atoms with Crippen molar-refractivity contribution in [2.75, 3.05) is 11.4 Å². The summed E-state index contributed by atoms with van der Waals surface area (Å²) in [7, 11) is 0. The van der Waals surface area contributed by atoms with Gasteiger partial charge in [-0.25, -0.2) is 0 Å². The Hall–Kier alpha value is -1.50. The van der Waals surface area contributed by atoms with Crippen molar-refractivity contribution in [2.24, 2.45) is 0 Å². The van der Waals surface area contributed by atoms with Crippen molar-refractivity contribution in [3.63, 3.8) is 0 Å². The van der Waals surface area contributed by atoms with Crippen LogP contribution in [0.4, 0.5) is 5.69 Å². The van der Waals surface area contributed by atoms with Gasteiger partial charge in [-0.2, -0.15) is 0 Å². The van der Waals surface area contributed by atoms with E-state index in [2.05, 4.69) is 60.5 Å². The monoisotopic (exact) mass is 171 g/mol. The summed E-state index contributed by atoms with van der Waals surface area (Å²) in [5, 5.41) is 0. The minimum Gasteiger partial charge on any atom is -0.344 e. The molecule has 0 amide bonds. The smallest absolute Gasteiger partial charge is 0.0438 e. The molecule has 13 heavy (non-hydrogen) atoms. The van der Waals surface area contributed by atoms with Crippen molar-refractivity contribution in [1.29, 1.82) is 0 Å². The molecular weight excluding hydrogens is 158 g/mol. The Morgan fingerprint density at radius 2 is 2.00 bits per heavy atom. The summed E-state index contributed by atoms with van der Waals surface area (Å²) in [6.45, 7) is 3.11. The SMILES string of the molecule is Cc1ccccc1N1C=CC=CC1. The van der Waals surface area contributed by atoms with Crippen LogP contribution in [-0.4, -0.2) is 6.54 Å². The van der Waals surface area contributed by atoms with Gasteiger partial charge >= 0.3 is 0 Å². The lowest BCUT2D eigenvalue weighted by molar-refractivity contribution is 1.06. The molecule has 0 aromatic heterocycles. The molecule has 0 atom stereocenters. The highest BCUT2D eigenvalue weighted by atomic mass is 15.1. The second kappa shape index (κ2) is 3.48. The first-order chi connectivity index (χ1) is 6.38. The molecule has 0 N–H and O–H groups in total. The average molecular weight is 171 g/mol. The maximum atomic E-state index is 2.25. The summed E-state index contributed by atoms with van der Waals surface area (Å²) in [5.74, 6) is 0. The van der Waals surface area contributed by atoms with Crippen molar-refractivity contribution in [1.82, 2.24) is 0 Å². The molecular formula is C12H13N. The zero-order chi connectivity index (χ0) is 9.10. The number of rotatable bonds is 1. The first-order valence-corrected chi connectivity index (χ1v) is 4.53. The van der Waals surface area contributed by atoms with E-state index in [4.69, 9.17) is 0 Å². The van der Waals surface area contributed by atoms with Crippen LogP contribution in [-0.2, 0) is 0 Å². The maximum Gasteiger partial charge on any atom is 0.0438 e. The number of anilines is 1. The molecule has 1 heterocycles. The first kappa shape index (κ1) is 8.11. The fourth-order valence-corrected chi connectivity index (χ4v) is 1.53. The van der Waals surface area contributed by atoms with E-state index >= 15 is 0 Å². The predicted octanol–water partition coefficient (Wildman–Crippen LogP) is 2.88. The summed E-state index contributed by atoms with van der Waals surface area (Å²) >= 11 is 0. The van der Waals surface area contributed by atoms with Gasteiger partial charge in [0.25, 0.3) is 0 Å². The fraction of sp³-hybridized carbons (Fsp3) is 0.167. The fourth-order valence-electron chi connectivity index (χ4n) is 1.53. The molecule has 1 nitrogen and oxygen atoms in total. The lowest BCUT2D eigenvalue weighted by Crippen LogP contribution is -2.18. The molecule has 0 bridgehead atoms. The molecule has 0 saturated carbocycles. The first-order valence-electron chi connectivity index (χ1n) is 4.53. The molecule has 0 aliphatic carbocycles. The van der Waals surface area contributed by atoms with E-state index in [0.29, 0.717) is 0 Å². The van der Waals surface area contributed by atoms with E-state index < -0.39 is 0 Å². The normalized spacial score (nSPS) is 15.0. The van der Waals surface area contributed by atoms with Crippen molar-refractivity contribution in [3.8, 4) is 0 Å². The van der Waals surface area contributed by atoms with Crippen LogP contribution in [0.2, 0.25) is 0 Å². The van der Waals surface area contributed by atoms with Crippen LogP contribution >= 0.6 is 0 Å². The van der Waals surface area contributed by atoms with E-state index in [1.165, 1.54) is 11.3 Å². The number of hydrogen-bond donors (Lipinski definition) is 0. The lowest BCUT2D eigenvalue weighted by Gasteiger charge is -2.22. The van der Waals surface area contributed by atoms with Crippen LogP contribution in [0.3, 0.4) is 0 Å². The van der Waals surface area contributed by atoms with Crippen molar-refractivity contribution in [3.05, 3.63) is 54.3 Å². The van der Waals surface area contributed by atoms with Gasteiger partial charge in [0, 0.05) is 18.4 Å². The van der Waals surface area contributed by atoms with Gasteiger partial charge in [-0.05, 0) is 24.6 Å². The summed E-state index contributed by atoms with van der Waals surface area (Å²) < 4.78 is 0. The topological polar surface area (TPSA) is 3.24 Å². The zero-order valence-corrected chi connectivity index (χ0v) is 7.77. The highest BCUT2D eigenvalue weighted by Gasteiger charge is 2.04. The Bertz CT molecular complexity index is 350. The molecule has 1 aliphatic rings. The second-order valence-electron chi connectivity index (χ2n) is 3.21. The second-order valence-corrected chi connectivity index (χ2v) is 3.21. The van der Waals surface area contributed by atoms with Gasteiger partial charge in [0.05, 0.1) is 0 Å². The third kappa shape index (κ3) is 1.64. The van der Waals surface area contributed by atoms with Crippen LogP contribution in [0.25, 0.3) is 0 Å².